The summed E-state index contributed by atoms with van der Waals surface area (Å²) in [5, 5.41) is 2.99. The number of ether oxygens (including phenoxy) is 1. The van der Waals surface area contributed by atoms with Gasteiger partial charge < -0.3 is 14.5 Å². The van der Waals surface area contributed by atoms with Gasteiger partial charge in [-0.05, 0) is 31.0 Å². The van der Waals surface area contributed by atoms with Crippen molar-refractivity contribution in [2.75, 3.05) is 0 Å². The van der Waals surface area contributed by atoms with Crippen LogP contribution >= 0.6 is 0 Å². The number of aromatic nitrogens is 1. The van der Waals surface area contributed by atoms with Crippen molar-refractivity contribution in [3.05, 3.63) is 54.2 Å². The van der Waals surface area contributed by atoms with Crippen molar-refractivity contribution < 1.29 is 18.7 Å². The van der Waals surface area contributed by atoms with E-state index < -0.39 is 12.1 Å². The fourth-order valence-corrected chi connectivity index (χ4v) is 2.89. The minimum Gasteiger partial charge on any atom is -0.457 e. The van der Waals surface area contributed by atoms with Crippen LogP contribution in [-0.4, -0.2) is 22.9 Å². The smallest absolute Gasteiger partial charge is 0.375 e. The normalized spacial score (nSPS) is 16.3. The van der Waals surface area contributed by atoms with Gasteiger partial charge in [-0.1, -0.05) is 25.3 Å². The van der Waals surface area contributed by atoms with Crippen LogP contribution < -0.4 is 5.32 Å². The Morgan fingerprint density at radius 3 is 2.71 bits per heavy atom. The Morgan fingerprint density at radius 1 is 1.21 bits per heavy atom. The fourth-order valence-electron chi connectivity index (χ4n) is 2.89. The number of nitrogens with zero attached hydrogens (tertiary/aromatic N) is 1. The molecule has 1 aliphatic rings. The molecule has 1 fully saturated rings. The van der Waals surface area contributed by atoms with Gasteiger partial charge in [-0.2, -0.15) is 0 Å². The lowest BCUT2D eigenvalue weighted by Crippen LogP contribution is -2.40. The molecule has 0 spiro atoms. The first kappa shape index (κ1) is 16.2. The Hall–Kier alpha value is -2.63. The van der Waals surface area contributed by atoms with E-state index in [9.17, 15) is 9.59 Å². The molecule has 0 aromatic carbocycles. The zero-order valence-electron chi connectivity index (χ0n) is 13.3. The quantitative estimate of drug-likeness (QED) is 0.853. The van der Waals surface area contributed by atoms with Gasteiger partial charge in [0.25, 0.3) is 5.91 Å². The Balaban J connectivity index is 1.74. The van der Waals surface area contributed by atoms with E-state index in [0.717, 1.165) is 25.7 Å². The maximum Gasteiger partial charge on any atom is 0.375 e. The van der Waals surface area contributed by atoms with Crippen molar-refractivity contribution in [2.45, 2.75) is 44.2 Å². The first-order chi connectivity index (χ1) is 11.7. The SMILES string of the molecule is O=C(O[C@@H](C(=O)NC1CCCCC1)c1cccnc1)c1ccco1. The molecule has 6 heteroatoms. The molecular formula is C18H20N2O4. The van der Waals surface area contributed by atoms with Gasteiger partial charge in [0, 0.05) is 24.0 Å². The molecule has 0 bridgehead atoms. The van der Waals surface area contributed by atoms with Crippen LogP contribution in [0.15, 0.2) is 47.3 Å². The van der Waals surface area contributed by atoms with E-state index in [1.54, 1.807) is 24.4 Å². The summed E-state index contributed by atoms with van der Waals surface area (Å²) >= 11 is 0. The zero-order chi connectivity index (χ0) is 16.8. The summed E-state index contributed by atoms with van der Waals surface area (Å²) in [5.41, 5.74) is 0.533. The lowest BCUT2D eigenvalue weighted by molar-refractivity contribution is -0.131. The molecule has 2 aromatic rings. The zero-order valence-corrected chi connectivity index (χ0v) is 13.3. The molecule has 1 aliphatic carbocycles. The lowest BCUT2D eigenvalue weighted by atomic mass is 9.95. The third-order valence-electron chi connectivity index (χ3n) is 4.12. The van der Waals surface area contributed by atoms with Crippen molar-refractivity contribution in [1.82, 2.24) is 10.3 Å². The summed E-state index contributed by atoms with van der Waals surface area (Å²) in [6.07, 6.45) is 8.80. The van der Waals surface area contributed by atoms with Gasteiger partial charge in [0.2, 0.25) is 11.9 Å². The second-order valence-electron chi connectivity index (χ2n) is 5.89. The summed E-state index contributed by atoms with van der Waals surface area (Å²) < 4.78 is 10.4. The summed E-state index contributed by atoms with van der Waals surface area (Å²) in [6.45, 7) is 0. The molecule has 0 radical (unpaired) electrons. The molecule has 1 amide bonds. The highest BCUT2D eigenvalue weighted by atomic mass is 16.6. The van der Waals surface area contributed by atoms with Gasteiger partial charge in [0.15, 0.2) is 0 Å². The van der Waals surface area contributed by atoms with Crippen molar-refractivity contribution >= 4 is 11.9 Å². The lowest BCUT2D eigenvalue weighted by Gasteiger charge is -2.25. The van der Waals surface area contributed by atoms with Gasteiger partial charge in [0.1, 0.15) is 0 Å². The maximum atomic E-state index is 12.7. The van der Waals surface area contributed by atoms with Gasteiger partial charge >= 0.3 is 5.97 Å². The highest BCUT2D eigenvalue weighted by Gasteiger charge is 2.29. The topological polar surface area (TPSA) is 81.4 Å². The van der Waals surface area contributed by atoms with E-state index in [0.29, 0.717) is 5.56 Å². The number of hydrogen-bond donors (Lipinski definition) is 1. The van der Waals surface area contributed by atoms with Crippen LogP contribution in [0, 0.1) is 0 Å². The number of hydrogen-bond acceptors (Lipinski definition) is 5. The molecule has 24 heavy (non-hydrogen) atoms. The predicted molar refractivity (Wildman–Crippen MR) is 86.1 cm³/mol. The number of carbonyl (C=O) groups is 2. The molecule has 2 heterocycles. The van der Waals surface area contributed by atoms with Gasteiger partial charge in [-0.15, -0.1) is 0 Å². The number of nitrogens with one attached hydrogen (secondary N) is 1. The molecule has 1 saturated carbocycles. The molecule has 6 nitrogen and oxygen atoms in total. The van der Waals surface area contributed by atoms with Crippen LogP contribution in [0.4, 0.5) is 0 Å². The molecule has 0 aliphatic heterocycles. The standard InChI is InChI=1S/C18H20N2O4/c21-17(20-14-7-2-1-3-8-14)16(13-6-4-10-19-12-13)24-18(22)15-9-5-11-23-15/h4-6,9-12,14,16H,1-3,7-8H2,(H,20,21)/t16-/m1/s1. The summed E-state index contributed by atoms with van der Waals surface area (Å²) in [5.74, 6) is -0.934. The van der Waals surface area contributed by atoms with Crippen LogP contribution in [0.3, 0.4) is 0 Å². The summed E-state index contributed by atoms with van der Waals surface area (Å²) in [6, 6.07) is 6.65. The summed E-state index contributed by atoms with van der Waals surface area (Å²) in [4.78, 5) is 28.9. The fraction of sp³-hybridized carbons (Fsp3) is 0.389. The average Bonchev–Trinajstić information content (AvgIpc) is 3.16. The Morgan fingerprint density at radius 2 is 2.04 bits per heavy atom. The van der Waals surface area contributed by atoms with Crippen LogP contribution in [-0.2, 0) is 9.53 Å². The van der Waals surface area contributed by atoms with E-state index in [1.807, 2.05) is 0 Å². The molecule has 0 unspecified atom stereocenters. The van der Waals surface area contributed by atoms with Gasteiger partial charge in [-0.3, -0.25) is 9.78 Å². The molecule has 126 valence electrons. The van der Waals surface area contributed by atoms with E-state index in [4.69, 9.17) is 9.15 Å². The number of esters is 1. The second-order valence-corrected chi connectivity index (χ2v) is 5.89. The Kier molecular flexibility index (Phi) is 5.25. The van der Waals surface area contributed by atoms with Crippen LogP contribution in [0.2, 0.25) is 0 Å². The minimum atomic E-state index is -1.04. The monoisotopic (exact) mass is 328 g/mol. The Bertz CT molecular complexity index is 664. The third kappa shape index (κ3) is 4.01. The van der Waals surface area contributed by atoms with Crippen molar-refractivity contribution in [1.29, 1.82) is 0 Å². The van der Waals surface area contributed by atoms with E-state index in [2.05, 4.69) is 10.3 Å². The van der Waals surface area contributed by atoms with E-state index in [1.165, 1.54) is 24.9 Å². The summed E-state index contributed by atoms with van der Waals surface area (Å²) in [7, 11) is 0. The number of pyridine rings is 1. The number of amides is 1. The van der Waals surface area contributed by atoms with Gasteiger partial charge in [0.05, 0.1) is 6.26 Å². The van der Waals surface area contributed by atoms with Crippen molar-refractivity contribution in [3.63, 3.8) is 0 Å². The molecule has 1 N–H and O–H groups in total. The molecule has 3 rings (SSSR count). The first-order valence-electron chi connectivity index (χ1n) is 8.19. The number of carbonyl (C=O) groups excluding carboxylic acids is 2. The van der Waals surface area contributed by atoms with Crippen molar-refractivity contribution in [3.8, 4) is 0 Å². The van der Waals surface area contributed by atoms with Crippen LogP contribution in [0.1, 0.15) is 54.3 Å². The van der Waals surface area contributed by atoms with E-state index in [-0.39, 0.29) is 17.7 Å². The largest absolute Gasteiger partial charge is 0.457 e. The third-order valence-corrected chi connectivity index (χ3v) is 4.12. The molecule has 1 atom stereocenters. The predicted octanol–water partition coefficient (Wildman–Crippen LogP) is 3.02. The maximum absolute atomic E-state index is 12.7. The average molecular weight is 328 g/mol. The number of rotatable bonds is 5. The van der Waals surface area contributed by atoms with Gasteiger partial charge in [-0.25, -0.2) is 4.79 Å². The van der Waals surface area contributed by atoms with Crippen LogP contribution in [0.25, 0.3) is 0 Å². The highest BCUT2D eigenvalue weighted by molar-refractivity contribution is 5.90. The van der Waals surface area contributed by atoms with Crippen molar-refractivity contribution in [2.24, 2.45) is 0 Å². The number of furan rings is 1. The van der Waals surface area contributed by atoms with Crippen LogP contribution in [0.5, 0.6) is 0 Å². The molecular weight excluding hydrogens is 308 g/mol. The van der Waals surface area contributed by atoms with E-state index >= 15 is 0 Å². The minimum absolute atomic E-state index is 0.0642. The molecule has 0 saturated heterocycles. The Labute approximate surface area is 140 Å². The molecule has 2 aromatic heterocycles. The first-order valence-corrected chi connectivity index (χ1v) is 8.19. The second kappa shape index (κ2) is 7.77. The highest BCUT2D eigenvalue weighted by Crippen LogP contribution is 2.22.